The van der Waals surface area contributed by atoms with Crippen molar-refractivity contribution in [2.24, 2.45) is 0 Å². The van der Waals surface area contributed by atoms with Crippen molar-refractivity contribution in [1.29, 1.82) is 0 Å². The highest BCUT2D eigenvalue weighted by Crippen LogP contribution is 2.35. The molecule has 6 nitrogen and oxygen atoms in total. The molecule has 0 aliphatic heterocycles. The monoisotopic (exact) mass is 697 g/mol. The SMILES string of the molecule is c1ccc(-c2ccccc2OB(Oc2ccc(-n3c4ccccc4c4ccccc43)cc2)Oc2ccc(-n3c4ccccc4c4ccccc43)cc2)nc1. The highest BCUT2D eigenvalue weighted by molar-refractivity contribution is 6.39. The van der Waals surface area contributed by atoms with Gasteiger partial charge in [0, 0.05) is 44.7 Å². The van der Waals surface area contributed by atoms with Gasteiger partial charge in [-0.2, -0.15) is 0 Å². The molecule has 0 aliphatic carbocycles. The van der Waals surface area contributed by atoms with E-state index in [1.54, 1.807) is 6.20 Å². The summed E-state index contributed by atoms with van der Waals surface area (Å²) in [6.07, 6.45) is 1.77. The summed E-state index contributed by atoms with van der Waals surface area (Å²) in [5.74, 6) is 1.79. The fourth-order valence-electron chi connectivity index (χ4n) is 7.45. The van der Waals surface area contributed by atoms with Crippen LogP contribution in [0.25, 0.3) is 66.2 Å². The Kier molecular flexibility index (Phi) is 7.80. The predicted octanol–water partition coefficient (Wildman–Crippen LogP) is 11.5. The number of pyridine rings is 1. The maximum atomic E-state index is 6.55. The third-order valence-corrected chi connectivity index (χ3v) is 9.87. The highest BCUT2D eigenvalue weighted by Gasteiger charge is 2.31. The van der Waals surface area contributed by atoms with Gasteiger partial charge < -0.3 is 23.1 Å². The van der Waals surface area contributed by atoms with Gasteiger partial charge in [0.05, 0.1) is 27.8 Å². The Morgan fingerprint density at radius 1 is 0.370 bits per heavy atom. The second-order valence-electron chi connectivity index (χ2n) is 13.1. The molecule has 0 fully saturated rings. The summed E-state index contributed by atoms with van der Waals surface area (Å²) in [7, 11) is -1.12. The molecule has 0 aliphatic rings. The molecule has 10 aromatic rings. The quantitative estimate of drug-likeness (QED) is 0.141. The Hall–Kier alpha value is -7.25. The number of hydrogen-bond acceptors (Lipinski definition) is 4. The third kappa shape index (κ3) is 5.59. The average molecular weight is 698 g/mol. The molecule has 3 heterocycles. The van der Waals surface area contributed by atoms with Gasteiger partial charge >= 0.3 is 7.32 Å². The minimum atomic E-state index is -1.12. The molecule has 0 bridgehead atoms. The van der Waals surface area contributed by atoms with E-state index in [4.69, 9.17) is 14.0 Å². The molecule has 7 aromatic carbocycles. The van der Waals surface area contributed by atoms with Crippen LogP contribution >= 0.6 is 0 Å². The van der Waals surface area contributed by atoms with Crippen molar-refractivity contribution in [1.82, 2.24) is 14.1 Å². The first kappa shape index (κ1) is 31.5. The summed E-state index contributed by atoms with van der Waals surface area (Å²) in [6, 6.07) is 63.6. The van der Waals surface area contributed by atoms with Crippen LogP contribution in [-0.4, -0.2) is 21.4 Å². The molecule has 0 saturated carbocycles. The molecule has 0 N–H and O–H groups in total. The first-order valence-electron chi connectivity index (χ1n) is 18.0. The van der Waals surface area contributed by atoms with E-state index in [1.807, 2.05) is 66.7 Å². The lowest BCUT2D eigenvalue weighted by molar-refractivity contribution is 0.308. The lowest BCUT2D eigenvalue weighted by Gasteiger charge is -2.19. The molecule has 256 valence electrons. The van der Waals surface area contributed by atoms with E-state index in [-0.39, 0.29) is 0 Å². The van der Waals surface area contributed by atoms with E-state index in [1.165, 1.54) is 21.5 Å². The number of aromatic nitrogens is 3. The van der Waals surface area contributed by atoms with Gasteiger partial charge in [-0.1, -0.05) is 91.0 Å². The zero-order valence-electron chi connectivity index (χ0n) is 29.1. The Morgan fingerprint density at radius 2 is 0.778 bits per heavy atom. The van der Waals surface area contributed by atoms with Gasteiger partial charge in [-0.3, -0.25) is 4.98 Å². The molecule has 3 aromatic heterocycles. The summed E-state index contributed by atoms with van der Waals surface area (Å²) in [4.78, 5) is 4.57. The molecule has 7 heteroatoms. The topological polar surface area (TPSA) is 50.4 Å². The van der Waals surface area contributed by atoms with Crippen molar-refractivity contribution in [2.75, 3.05) is 0 Å². The van der Waals surface area contributed by atoms with Gasteiger partial charge in [-0.05, 0) is 97.1 Å². The molecule has 0 saturated heterocycles. The van der Waals surface area contributed by atoms with Crippen molar-refractivity contribution < 1.29 is 14.0 Å². The van der Waals surface area contributed by atoms with Crippen LogP contribution in [-0.2, 0) is 0 Å². The van der Waals surface area contributed by atoms with Gasteiger partial charge in [0.15, 0.2) is 0 Å². The maximum Gasteiger partial charge on any atom is 0.864 e. The van der Waals surface area contributed by atoms with Crippen LogP contribution < -0.4 is 14.0 Å². The minimum Gasteiger partial charge on any atom is -0.490 e. The van der Waals surface area contributed by atoms with E-state index in [2.05, 4.69) is 135 Å². The summed E-state index contributed by atoms with van der Waals surface area (Å²) < 4.78 is 24.1. The number of nitrogens with zero attached hydrogens (tertiary/aromatic N) is 3. The maximum absolute atomic E-state index is 6.55. The summed E-state index contributed by atoms with van der Waals surface area (Å²) in [6.45, 7) is 0. The average Bonchev–Trinajstić information content (AvgIpc) is 3.75. The predicted molar refractivity (Wildman–Crippen MR) is 219 cm³/mol. The normalized spacial score (nSPS) is 11.3. The number of benzene rings is 7. The lowest BCUT2D eigenvalue weighted by atomic mass is 10.1. The van der Waals surface area contributed by atoms with Crippen LogP contribution in [0.1, 0.15) is 0 Å². The summed E-state index contributed by atoms with van der Waals surface area (Å²) >= 11 is 0. The smallest absolute Gasteiger partial charge is 0.490 e. The van der Waals surface area contributed by atoms with Gasteiger partial charge in [0.1, 0.15) is 17.2 Å². The molecule has 0 spiro atoms. The van der Waals surface area contributed by atoms with E-state index in [0.717, 1.165) is 44.7 Å². The highest BCUT2D eigenvalue weighted by atomic mass is 16.7. The number of para-hydroxylation sites is 5. The van der Waals surface area contributed by atoms with E-state index >= 15 is 0 Å². The van der Waals surface area contributed by atoms with Gasteiger partial charge in [-0.25, -0.2) is 0 Å². The first-order chi connectivity index (χ1) is 26.8. The molecule has 54 heavy (non-hydrogen) atoms. The summed E-state index contributed by atoms with van der Waals surface area (Å²) in [5, 5.41) is 4.86. The molecule has 0 unspecified atom stereocenters. The van der Waals surface area contributed by atoms with Crippen LogP contribution in [0.15, 0.2) is 194 Å². The van der Waals surface area contributed by atoms with Crippen molar-refractivity contribution >= 4 is 50.9 Å². The standard InChI is InChI=1S/C47H32BN3O3/c1-6-19-43-37(13-1)38-14-2-7-20-44(38)50(43)33-24-28-35(29-25-33)52-48(54-47-23-10-5-17-41(47)42-18-11-12-32-49-42)53-36-30-26-34(27-31-36)51-45-21-8-3-15-39(45)40-16-4-9-22-46(40)51/h1-32H. The van der Waals surface area contributed by atoms with Gasteiger partial charge in [-0.15, -0.1) is 0 Å². The fraction of sp³-hybridized carbons (Fsp3) is 0. The molecule has 0 atom stereocenters. The van der Waals surface area contributed by atoms with Crippen molar-refractivity contribution in [3.63, 3.8) is 0 Å². The second-order valence-corrected chi connectivity index (χ2v) is 13.1. The van der Waals surface area contributed by atoms with Crippen LogP contribution in [0.2, 0.25) is 0 Å². The minimum absolute atomic E-state index is 0.588. The number of rotatable bonds is 9. The largest absolute Gasteiger partial charge is 0.864 e. The number of fused-ring (bicyclic) bond motifs is 6. The molecule has 10 rings (SSSR count). The molecule has 0 radical (unpaired) electrons. The summed E-state index contributed by atoms with van der Waals surface area (Å²) in [5.41, 5.74) is 8.26. The second kappa shape index (κ2) is 13.4. The van der Waals surface area contributed by atoms with Crippen molar-refractivity contribution in [3.8, 4) is 39.9 Å². The van der Waals surface area contributed by atoms with Crippen molar-refractivity contribution in [2.45, 2.75) is 0 Å². The third-order valence-electron chi connectivity index (χ3n) is 9.87. The lowest BCUT2D eigenvalue weighted by Crippen LogP contribution is -2.37. The van der Waals surface area contributed by atoms with Crippen LogP contribution in [0.4, 0.5) is 0 Å². The van der Waals surface area contributed by atoms with E-state index in [0.29, 0.717) is 17.2 Å². The van der Waals surface area contributed by atoms with Crippen LogP contribution in [0, 0.1) is 0 Å². The van der Waals surface area contributed by atoms with E-state index in [9.17, 15) is 0 Å². The zero-order valence-corrected chi connectivity index (χ0v) is 29.1. The molecular weight excluding hydrogens is 665 g/mol. The fourth-order valence-corrected chi connectivity index (χ4v) is 7.45. The van der Waals surface area contributed by atoms with Crippen LogP contribution in [0.3, 0.4) is 0 Å². The van der Waals surface area contributed by atoms with Gasteiger partial charge in [0.2, 0.25) is 0 Å². The van der Waals surface area contributed by atoms with E-state index < -0.39 is 7.32 Å². The first-order valence-corrected chi connectivity index (χ1v) is 18.0. The Labute approximate surface area is 312 Å². The van der Waals surface area contributed by atoms with Crippen molar-refractivity contribution in [3.05, 3.63) is 194 Å². The van der Waals surface area contributed by atoms with Gasteiger partial charge in [0.25, 0.3) is 0 Å². The Bertz CT molecular complexity index is 2650. The molecular formula is C47H32BN3O3. The van der Waals surface area contributed by atoms with Crippen LogP contribution in [0.5, 0.6) is 17.2 Å². The Balaban J connectivity index is 0.989. The zero-order chi connectivity index (χ0) is 35.8. The Morgan fingerprint density at radius 3 is 1.22 bits per heavy atom. The number of hydrogen-bond donors (Lipinski definition) is 0. The molecule has 0 amide bonds.